The van der Waals surface area contributed by atoms with Gasteiger partial charge in [-0.15, -0.1) is 0 Å². The van der Waals surface area contributed by atoms with Crippen molar-refractivity contribution in [2.45, 2.75) is 6.54 Å². The number of nitrogens with one attached hydrogen (secondary N) is 1. The van der Waals surface area contributed by atoms with Gasteiger partial charge in [-0.1, -0.05) is 12.1 Å². The van der Waals surface area contributed by atoms with E-state index in [1.165, 1.54) is 31.4 Å². The van der Waals surface area contributed by atoms with Crippen molar-refractivity contribution < 1.29 is 24.4 Å². The lowest BCUT2D eigenvalue weighted by molar-refractivity contribution is -0.385. The first kappa shape index (κ1) is 16.9. The van der Waals surface area contributed by atoms with Crippen LogP contribution in [0.25, 0.3) is 0 Å². The lowest BCUT2D eigenvalue weighted by Gasteiger charge is -2.07. The van der Waals surface area contributed by atoms with Crippen LogP contribution in [-0.4, -0.2) is 29.0 Å². The average Bonchev–Trinajstić information content (AvgIpc) is 2.59. The summed E-state index contributed by atoms with van der Waals surface area (Å²) in [6.45, 7) is 0.165. The van der Waals surface area contributed by atoms with E-state index in [9.17, 15) is 19.7 Å². The predicted molar refractivity (Wildman–Crippen MR) is 84.2 cm³/mol. The fraction of sp³-hybridized carbons (Fsp3) is 0.125. The van der Waals surface area contributed by atoms with Gasteiger partial charge in [0.05, 0.1) is 17.6 Å². The second kappa shape index (κ2) is 7.23. The first-order valence-corrected chi connectivity index (χ1v) is 6.85. The minimum absolute atomic E-state index is 0.0702. The Kier molecular flexibility index (Phi) is 5.10. The molecule has 1 amide bonds. The van der Waals surface area contributed by atoms with Crippen molar-refractivity contribution >= 4 is 17.6 Å². The lowest BCUT2D eigenvalue weighted by atomic mass is 10.1. The van der Waals surface area contributed by atoms with Gasteiger partial charge in [0, 0.05) is 18.2 Å². The molecule has 0 aliphatic carbocycles. The molecule has 0 unspecified atom stereocenters. The molecule has 0 heterocycles. The number of nitro benzene ring substituents is 1. The highest BCUT2D eigenvalue weighted by Gasteiger charge is 2.18. The molecular formula is C16H14N2O6. The van der Waals surface area contributed by atoms with Crippen molar-refractivity contribution in [2.24, 2.45) is 0 Å². The molecule has 0 saturated carbocycles. The second-order valence-electron chi connectivity index (χ2n) is 4.83. The summed E-state index contributed by atoms with van der Waals surface area (Å²) in [6, 6.07) is 9.95. The molecule has 2 aromatic rings. The number of hydrogen-bond acceptors (Lipinski definition) is 5. The molecule has 0 spiro atoms. The summed E-state index contributed by atoms with van der Waals surface area (Å²) in [7, 11) is 1.31. The number of benzene rings is 2. The van der Waals surface area contributed by atoms with E-state index in [1.807, 2.05) is 0 Å². The van der Waals surface area contributed by atoms with E-state index in [2.05, 4.69) is 5.32 Å². The molecule has 2 N–H and O–H groups in total. The summed E-state index contributed by atoms with van der Waals surface area (Å²) in [5.41, 5.74) is 0.688. The molecule has 2 aromatic carbocycles. The van der Waals surface area contributed by atoms with E-state index in [-0.39, 0.29) is 29.1 Å². The van der Waals surface area contributed by atoms with Crippen molar-refractivity contribution in [2.75, 3.05) is 7.11 Å². The Morgan fingerprint density at radius 2 is 1.79 bits per heavy atom. The maximum atomic E-state index is 12.1. The van der Waals surface area contributed by atoms with Gasteiger partial charge in [0.2, 0.25) is 0 Å². The van der Waals surface area contributed by atoms with Crippen LogP contribution in [0.1, 0.15) is 26.3 Å². The molecule has 0 saturated heterocycles. The largest absolute Gasteiger partial charge is 0.490 e. The molecule has 0 aliphatic heterocycles. The highest BCUT2D eigenvalue weighted by atomic mass is 16.6. The summed E-state index contributed by atoms with van der Waals surface area (Å²) >= 11 is 0. The van der Waals surface area contributed by atoms with E-state index in [0.717, 1.165) is 6.07 Å². The summed E-state index contributed by atoms with van der Waals surface area (Å²) in [6.07, 6.45) is 0. The molecule has 124 valence electrons. The van der Waals surface area contributed by atoms with Crippen LogP contribution in [-0.2, 0) is 6.54 Å². The number of aromatic carboxylic acids is 1. The van der Waals surface area contributed by atoms with Crippen LogP contribution in [0, 0.1) is 10.1 Å². The van der Waals surface area contributed by atoms with Crippen molar-refractivity contribution in [1.82, 2.24) is 5.32 Å². The Morgan fingerprint density at radius 1 is 1.17 bits per heavy atom. The van der Waals surface area contributed by atoms with Crippen LogP contribution in [0.5, 0.6) is 5.75 Å². The number of carboxylic acid groups (broad SMARTS) is 1. The van der Waals surface area contributed by atoms with Gasteiger partial charge < -0.3 is 15.2 Å². The van der Waals surface area contributed by atoms with Gasteiger partial charge in [-0.3, -0.25) is 14.9 Å². The smallest absolute Gasteiger partial charge is 0.335 e. The number of carboxylic acids is 1. The van der Waals surface area contributed by atoms with Crippen LogP contribution in [0.3, 0.4) is 0 Å². The number of amides is 1. The number of hydrogen-bond donors (Lipinski definition) is 2. The Morgan fingerprint density at radius 3 is 2.33 bits per heavy atom. The third-order valence-corrected chi connectivity index (χ3v) is 3.29. The maximum absolute atomic E-state index is 12.1. The predicted octanol–water partition coefficient (Wildman–Crippen LogP) is 2.23. The molecule has 0 radical (unpaired) electrons. The number of rotatable bonds is 6. The zero-order chi connectivity index (χ0) is 17.7. The third kappa shape index (κ3) is 3.86. The lowest BCUT2D eigenvalue weighted by Crippen LogP contribution is -2.22. The monoisotopic (exact) mass is 330 g/mol. The maximum Gasteiger partial charge on any atom is 0.335 e. The van der Waals surface area contributed by atoms with Gasteiger partial charge in [-0.2, -0.15) is 0 Å². The molecule has 8 nitrogen and oxygen atoms in total. The fourth-order valence-corrected chi connectivity index (χ4v) is 2.02. The highest BCUT2D eigenvalue weighted by Crippen LogP contribution is 2.27. The molecule has 0 bridgehead atoms. The van der Waals surface area contributed by atoms with Crippen molar-refractivity contribution in [1.29, 1.82) is 0 Å². The molecule has 0 atom stereocenters. The van der Waals surface area contributed by atoms with Crippen LogP contribution in [0.15, 0.2) is 42.5 Å². The van der Waals surface area contributed by atoms with E-state index >= 15 is 0 Å². The second-order valence-corrected chi connectivity index (χ2v) is 4.83. The van der Waals surface area contributed by atoms with Crippen LogP contribution >= 0.6 is 0 Å². The molecule has 2 rings (SSSR count). The highest BCUT2D eigenvalue weighted by molar-refractivity contribution is 5.95. The molecule has 8 heteroatoms. The number of carbonyl (C=O) groups excluding carboxylic acids is 1. The zero-order valence-corrected chi connectivity index (χ0v) is 12.7. The number of nitro groups is 1. The number of ether oxygens (including phenoxy) is 1. The molecule has 0 fully saturated rings. The van der Waals surface area contributed by atoms with Gasteiger partial charge in [-0.25, -0.2) is 4.79 Å². The first-order valence-electron chi connectivity index (χ1n) is 6.85. The van der Waals surface area contributed by atoms with E-state index in [0.29, 0.717) is 5.56 Å². The van der Waals surface area contributed by atoms with Crippen LogP contribution < -0.4 is 10.1 Å². The normalized spacial score (nSPS) is 10.0. The Hall–Kier alpha value is -3.42. The summed E-state index contributed by atoms with van der Waals surface area (Å²) in [4.78, 5) is 33.2. The van der Waals surface area contributed by atoms with E-state index in [1.54, 1.807) is 12.1 Å². The summed E-state index contributed by atoms with van der Waals surface area (Å²) in [5, 5.41) is 22.4. The van der Waals surface area contributed by atoms with Gasteiger partial charge in [0.15, 0.2) is 5.75 Å². The van der Waals surface area contributed by atoms with Crippen molar-refractivity contribution in [3.63, 3.8) is 0 Å². The summed E-state index contributed by atoms with van der Waals surface area (Å²) in [5.74, 6) is -1.44. The SMILES string of the molecule is COc1ccc(C(=O)NCc2ccc(C(=O)O)cc2)cc1[N+](=O)[O-]. The molecule has 24 heavy (non-hydrogen) atoms. The zero-order valence-electron chi connectivity index (χ0n) is 12.7. The Labute approximate surface area is 136 Å². The van der Waals surface area contributed by atoms with Crippen LogP contribution in [0.4, 0.5) is 5.69 Å². The standard InChI is InChI=1S/C16H14N2O6/c1-24-14-7-6-12(8-13(14)18(22)23)15(19)17-9-10-2-4-11(5-3-10)16(20)21/h2-8H,9H2,1H3,(H,17,19)(H,20,21). The molecular weight excluding hydrogens is 316 g/mol. The third-order valence-electron chi connectivity index (χ3n) is 3.29. The van der Waals surface area contributed by atoms with Gasteiger partial charge in [-0.05, 0) is 29.8 Å². The van der Waals surface area contributed by atoms with Gasteiger partial charge in [0.25, 0.3) is 5.91 Å². The topological polar surface area (TPSA) is 119 Å². The quantitative estimate of drug-likeness (QED) is 0.619. The minimum Gasteiger partial charge on any atom is -0.490 e. The fourth-order valence-electron chi connectivity index (χ4n) is 2.02. The number of nitrogens with zero attached hydrogens (tertiary/aromatic N) is 1. The molecule has 0 aliphatic rings. The first-order chi connectivity index (χ1) is 11.4. The van der Waals surface area contributed by atoms with Crippen molar-refractivity contribution in [3.8, 4) is 5.75 Å². The summed E-state index contributed by atoms with van der Waals surface area (Å²) < 4.78 is 4.88. The average molecular weight is 330 g/mol. The minimum atomic E-state index is -1.03. The Bertz CT molecular complexity index is 786. The Balaban J connectivity index is 2.08. The number of methoxy groups -OCH3 is 1. The van der Waals surface area contributed by atoms with Crippen molar-refractivity contribution in [3.05, 3.63) is 69.3 Å². The van der Waals surface area contributed by atoms with Crippen LogP contribution in [0.2, 0.25) is 0 Å². The van der Waals surface area contributed by atoms with Gasteiger partial charge in [0.1, 0.15) is 0 Å². The van der Waals surface area contributed by atoms with E-state index in [4.69, 9.17) is 9.84 Å². The number of carbonyl (C=O) groups is 2. The van der Waals surface area contributed by atoms with E-state index < -0.39 is 16.8 Å². The van der Waals surface area contributed by atoms with Gasteiger partial charge >= 0.3 is 11.7 Å². The molecule has 0 aromatic heterocycles.